The van der Waals surface area contributed by atoms with Crippen LogP contribution in [-0.2, 0) is 26.2 Å². The normalized spacial score (nSPS) is 12.2. The van der Waals surface area contributed by atoms with E-state index in [0.29, 0.717) is 29.2 Å². The molecule has 220 valence electrons. The zero-order valence-corrected chi connectivity index (χ0v) is 26.2. The summed E-state index contributed by atoms with van der Waals surface area (Å²) < 4.78 is 29.3. The first kappa shape index (κ1) is 32.2. The third-order valence-electron chi connectivity index (χ3n) is 6.86. The van der Waals surface area contributed by atoms with Crippen LogP contribution < -0.4 is 9.62 Å². The number of aryl methyl sites for hydroxylation is 3. The number of rotatable bonds is 12. The van der Waals surface area contributed by atoms with Crippen LogP contribution in [0.4, 0.5) is 5.69 Å². The summed E-state index contributed by atoms with van der Waals surface area (Å²) in [5, 5.41) is 3.49. The van der Waals surface area contributed by atoms with Gasteiger partial charge in [0.1, 0.15) is 12.6 Å². The van der Waals surface area contributed by atoms with Crippen LogP contribution in [0.15, 0.2) is 71.6 Å². The Bertz CT molecular complexity index is 1460. The van der Waals surface area contributed by atoms with Crippen LogP contribution >= 0.6 is 11.6 Å². The second-order valence-electron chi connectivity index (χ2n) is 10.8. The molecule has 0 heterocycles. The van der Waals surface area contributed by atoms with Crippen molar-refractivity contribution in [2.24, 2.45) is 5.92 Å². The quantitative estimate of drug-likeness (QED) is 0.276. The van der Waals surface area contributed by atoms with Gasteiger partial charge in [-0.2, -0.15) is 0 Å². The number of halogens is 1. The summed E-state index contributed by atoms with van der Waals surface area (Å²) in [4.78, 5) is 29.1. The maximum Gasteiger partial charge on any atom is 0.264 e. The highest BCUT2D eigenvalue weighted by molar-refractivity contribution is 7.92. The van der Waals surface area contributed by atoms with Gasteiger partial charge in [0.15, 0.2) is 0 Å². The van der Waals surface area contributed by atoms with Crippen molar-refractivity contribution in [3.63, 3.8) is 0 Å². The van der Waals surface area contributed by atoms with Crippen molar-refractivity contribution >= 4 is 39.1 Å². The molecule has 0 saturated heterocycles. The molecule has 1 atom stereocenters. The molecule has 0 fully saturated rings. The first-order chi connectivity index (χ1) is 19.3. The van der Waals surface area contributed by atoms with E-state index in [9.17, 15) is 18.0 Å². The first-order valence-electron chi connectivity index (χ1n) is 13.8. The lowest BCUT2D eigenvalue weighted by Gasteiger charge is -2.33. The summed E-state index contributed by atoms with van der Waals surface area (Å²) in [6.07, 6.45) is 0.359. The summed E-state index contributed by atoms with van der Waals surface area (Å²) in [5.41, 5.74) is 3.69. The van der Waals surface area contributed by atoms with Crippen molar-refractivity contribution in [2.45, 2.75) is 65.4 Å². The highest BCUT2D eigenvalue weighted by Gasteiger charge is 2.34. The highest BCUT2D eigenvalue weighted by atomic mass is 35.5. The van der Waals surface area contributed by atoms with E-state index in [1.807, 2.05) is 53.7 Å². The minimum atomic E-state index is -4.12. The molecule has 0 saturated carbocycles. The van der Waals surface area contributed by atoms with Crippen molar-refractivity contribution in [2.75, 3.05) is 17.4 Å². The number of anilines is 1. The molecule has 3 rings (SSSR count). The lowest BCUT2D eigenvalue weighted by molar-refractivity contribution is -0.140. The van der Waals surface area contributed by atoms with Crippen LogP contribution in [-0.4, -0.2) is 44.3 Å². The summed E-state index contributed by atoms with van der Waals surface area (Å²) in [6, 6.07) is 18.3. The fraction of sp³-hybridized carbons (Fsp3) is 0.375. The third-order valence-corrected chi connectivity index (χ3v) is 8.88. The lowest BCUT2D eigenvalue weighted by Crippen LogP contribution is -2.52. The predicted molar refractivity (Wildman–Crippen MR) is 166 cm³/mol. The van der Waals surface area contributed by atoms with Gasteiger partial charge in [-0.1, -0.05) is 74.3 Å². The Morgan fingerprint density at radius 3 is 2.10 bits per heavy atom. The van der Waals surface area contributed by atoms with Gasteiger partial charge in [-0.05, 0) is 80.1 Å². The fourth-order valence-electron chi connectivity index (χ4n) is 4.47. The van der Waals surface area contributed by atoms with Crippen molar-refractivity contribution in [3.8, 4) is 0 Å². The Kier molecular flexibility index (Phi) is 11.0. The molecular weight excluding hydrogens is 558 g/mol. The third kappa shape index (κ3) is 8.33. The number of hydrogen-bond donors (Lipinski definition) is 1. The Balaban J connectivity index is 2.08. The molecule has 3 aromatic carbocycles. The number of nitrogens with zero attached hydrogens (tertiary/aromatic N) is 2. The lowest BCUT2D eigenvalue weighted by atomic mass is 10.1. The van der Waals surface area contributed by atoms with Crippen LogP contribution in [0.25, 0.3) is 0 Å². The summed E-state index contributed by atoms with van der Waals surface area (Å²) in [6.45, 7) is 11.5. The van der Waals surface area contributed by atoms with Gasteiger partial charge in [-0.25, -0.2) is 8.42 Å². The summed E-state index contributed by atoms with van der Waals surface area (Å²) in [7, 11) is -4.12. The minimum Gasteiger partial charge on any atom is -0.354 e. The van der Waals surface area contributed by atoms with E-state index in [1.54, 1.807) is 54.6 Å². The Morgan fingerprint density at radius 1 is 0.902 bits per heavy atom. The maximum atomic E-state index is 14.2. The molecule has 41 heavy (non-hydrogen) atoms. The molecule has 2 amide bonds. The number of carbonyl (C=O) groups is 2. The van der Waals surface area contributed by atoms with Crippen molar-refractivity contribution in [3.05, 3.63) is 94.0 Å². The van der Waals surface area contributed by atoms with E-state index in [-0.39, 0.29) is 23.3 Å². The Labute approximate surface area is 249 Å². The van der Waals surface area contributed by atoms with Crippen LogP contribution in [0.2, 0.25) is 5.02 Å². The first-order valence-corrected chi connectivity index (χ1v) is 15.6. The molecule has 7 nitrogen and oxygen atoms in total. The smallest absolute Gasteiger partial charge is 0.264 e. The molecule has 0 aliphatic carbocycles. The van der Waals surface area contributed by atoms with E-state index < -0.39 is 28.5 Å². The highest BCUT2D eigenvalue weighted by Crippen LogP contribution is 2.29. The zero-order valence-electron chi connectivity index (χ0n) is 24.6. The van der Waals surface area contributed by atoms with Gasteiger partial charge in [0.2, 0.25) is 11.8 Å². The zero-order chi connectivity index (χ0) is 30.3. The predicted octanol–water partition coefficient (Wildman–Crippen LogP) is 6.04. The molecule has 0 spiro atoms. The summed E-state index contributed by atoms with van der Waals surface area (Å²) >= 11 is 6.09. The van der Waals surface area contributed by atoms with Crippen LogP contribution in [0.5, 0.6) is 0 Å². The Morgan fingerprint density at radius 2 is 1.51 bits per heavy atom. The molecule has 0 bridgehead atoms. The van der Waals surface area contributed by atoms with Crippen LogP contribution in [0, 0.1) is 26.7 Å². The fourth-order valence-corrected chi connectivity index (χ4v) is 6.06. The largest absolute Gasteiger partial charge is 0.354 e. The van der Waals surface area contributed by atoms with Crippen molar-refractivity contribution in [1.29, 1.82) is 0 Å². The second-order valence-corrected chi connectivity index (χ2v) is 13.1. The van der Waals surface area contributed by atoms with E-state index in [2.05, 4.69) is 5.32 Å². The van der Waals surface area contributed by atoms with Gasteiger partial charge < -0.3 is 10.2 Å². The van der Waals surface area contributed by atoms with Crippen LogP contribution in [0.1, 0.15) is 49.4 Å². The number of amides is 2. The molecule has 9 heteroatoms. The number of nitrogens with one attached hydrogen (secondary N) is 1. The van der Waals surface area contributed by atoms with Gasteiger partial charge in [0.25, 0.3) is 10.0 Å². The van der Waals surface area contributed by atoms with E-state index in [1.165, 1.54) is 4.90 Å². The molecule has 0 unspecified atom stereocenters. The standard InChI is InChI=1S/C32H40ClN3O4S/c1-7-29(32(38)34-19-22(2)3)35(20-26-12-14-27(33)15-13-26)31(37)21-36(30-18-24(5)8-11-25(30)6)41(39,40)28-16-9-23(4)10-17-28/h8-18,22,29H,7,19-21H2,1-6H3,(H,34,38)/t29-/m1/s1. The monoisotopic (exact) mass is 597 g/mol. The average molecular weight is 598 g/mol. The SMILES string of the molecule is CC[C@H](C(=O)NCC(C)C)N(Cc1ccc(Cl)cc1)C(=O)CN(c1cc(C)ccc1C)S(=O)(=O)c1ccc(C)cc1. The van der Waals surface area contributed by atoms with Crippen molar-refractivity contribution in [1.82, 2.24) is 10.2 Å². The summed E-state index contributed by atoms with van der Waals surface area (Å²) in [5.74, 6) is -0.525. The molecule has 0 aromatic heterocycles. The van der Waals surface area contributed by atoms with E-state index in [4.69, 9.17) is 11.6 Å². The van der Waals surface area contributed by atoms with Gasteiger partial charge in [0, 0.05) is 18.1 Å². The average Bonchev–Trinajstić information content (AvgIpc) is 2.93. The van der Waals surface area contributed by atoms with Gasteiger partial charge in [0.05, 0.1) is 10.6 Å². The number of sulfonamides is 1. The maximum absolute atomic E-state index is 14.2. The van der Waals surface area contributed by atoms with Crippen molar-refractivity contribution < 1.29 is 18.0 Å². The number of hydrogen-bond acceptors (Lipinski definition) is 4. The minimum absolute atomic E-state index is 0.0859. The van der Waals surface area contributed by atoms with Gasteiger partial charge >= 0.3 is 0 Å². The molecule has 0 aliphatic heterocycles. The van der Waals surface area contributed by atoms with Crippen LogP contribution in [0.3, 0.4) is 0 Å². The van der Waals surface area contributed by atoms with E-state index >= 15 is 0 Å². The Hall–Kier alpha value is -3.36. The molecule has 0 radical (unpaired) electrons. The second kappa shape index (κ2) is 14.0. The van der Waals surface area contributed by atoms with Gasteiger partial charge in [-0.15, -0.1) is 0 Å². The topological polar surface area (TPSA) is 86.8 Å². The van der Waals surface area contributed by atoms with E-state index in [0.717, 1.165) is 21.0 Å². The molecule has 0 aliphatic rings. The molecule has 3 aromatic rings. The number of benzene rings is 3. The number of carbonyl (C=O) groups excluding carboxylic acids is 2. The molecular formula is C32H40ClN3O4S. The van der Waals surface area contributed by atoms with Gasteiger partial charge in [-0.3, -0.25) is 13.9 Å². The molecule has 1 N–H and O–H groups in total.